The van der Waals surface area contributed by atoms with E-state index in [9.17, 15) is 13.2 Å². The van der Waals surface area contributed by atoms with Gasteiger partial charge in [0.15, 0.2) is 16.5 Å². The number of aromatic nitrogens is 1. The van der Waals surface area contributed by atoms with E-state index in [1.807, 2.05) is 0 Å². The number of methoxy groups -OCH3 is 2. The van der Waals surface area contributed by atoms with E-state index < -0.39 is 11.2 Å². The van der Waals surface area contributed by atoms with Crippen molar-refractivity contribution in [3.63, 3.8) is 0 Å². The first-order valence-corrected chi connectivity index (χ1v) is 8.11. The van der Waals surface area contributed by atoms with Gasteiger partial charge in [-0.2, -0.15) is 13.2 Å². The molecule has 0 bridgehead atoms. The molecule has 0 atom stereocenters. The fourth-order valence-corrected chi connectivity index (χ4v) is 3.36. The summed E-state index contributed by atoms with van der Waals surface area (Å²) in [7, 11) is 2.98. The summed E-state index contributed by atoms with van der Waals surface area (Å²) in [6.45, 7) is 0. The van der Waals surface area contributed by atoms with Crippen LogP contribution >= 0.6 is 11.3 Å². The predicted octanol–water partition coefficient (Wildman–Crippen LogP) is 5.51. The minimum absolute atomic E-state index is 0.296. The maximum Gasteiger partial charge on any atom is 0.443 e. The predicted molar refractivity (Wildman–Crippen MR) is 91.1 cm³/mol. The molecule has 1 aromatic heterocycles. The molecular weight excluding hydrogens is 351 g/mol. The molecule has 0 radical (unpaired) electrons. The van der Waals surface area contributed by atoms with Crippen LogP contribution in [0.4, 0.5) is 13.2 Å². The average molecular weight is 365 g/mol. The van der Waals surface area contributed by atoms with Gasteiger partial charge in [-0.1, -0.05) is 30.3 Å². The highest BCUT2D eigenvalue weighted by atomic mass is 32.1. The number of benzene rings is 2. The molecule has 0 N–H and O–H groups in total. The second kappa shape index (κ2) is 6.76. The Morgan fingerprint density at radius 2 is 1.56 bits per heavy atom. The van der Waals surface area contributed by atoms with Gasteiger partial charge in [-0.25, -0.2) is 4.98 Å². The first-order valence-electron chi connectivity index (χ1n) is 7.30. The second-order valence-electron chi connectivity index (χ2n) is 5.13. The molecule has 0 fully saturated rings. The number of hydrogen-bond acceptors (Lipinski definition) is 4. The molecule has 0 saturated heterocycles. The van der Waals surface area contributed by atoms with Crippen molar-refractivity contribution in [1.82, 2.24) is 4.98 Å². The molecule has 0 aliphatic carbocycles. The molecule has 3 rings (SSSR count). The van der Waals surface area contributed by atoms with Gasteiger partial charge in [-0.05, 0) is 23.8 Å². The van der Waals surface area contributed by atoms with E-state index in [0.717, 1.165) is 0 Å². The molecule has 7 heteroatoms. The van der Waals surface area contributed by atoms with Gasteiger partial charge in [0.25, 0.3) is 0 Å². The van der Waals surface area contributed by atoms with Crippen LogP contribution in [-0.2, 0) is 6.18 Å². The standard InChI is InChI=1S/C18H14F3NO2S/c1-23-13-9-8-12(10-14(13)24-2)16-15(11-6-4-3-5-7-11)22-17(25-16)18(19,20)21/h3-10H,1-2H3. The summed E-state index contributed by atoms with van der Waals surface area (Å²) in [6, 6.07) is 13.8. The fraction of sp³-hybridized carbons (Fsp3) is 0.167. The van der Waals surface area contributed by atoms with Crippen LogP contribution < -0.4 is 9.47 Å². The molecule has 0 aliphatic heterocycles. The zero-order valence-corrected chi connectivity index (χ0v) is 14.2. The molecule has 1 heterocycles. The summed E-state index contributed by atoms with van der Waals surface area (Å²) in [4.78, 5) is 4.28. The minimum atomic E-state index is -4.50. The lowest BCUT2D eigenvalue weighted by atomic mass is 10.1. The first kappa shape index (κ1) is 17.3. The molecule has 25 heavy (non-hydrogen) atoms. The number of rotatable bonds is 4. The lowest BCUT2D eigenvalue weighted by molar-refractivity contribution is -0.137. The van der Waals surface area contributed by atoms with Crippen LogP contribution in [0.2, 0.25) is 0 Å². The molecule has 0 spiro atoms. The van der Waals surface area contributed by atoms with Gasteiger partial charge in [-0.15, -0.1) is 11.3 Å². The minimum Gasteiger partial charge on any atom is -0.493 e. The van der Waals surface area contributed by atoms with E-state index in [0.29, 0.717) is 44.5 Å². The van der Waals surface area contributed by atoms with Crippen molar-refractivity contribution in [3.8, 4) is 33.2 Å². The monoisotopic (exact) mass is 365 g/mol. The van der Waals surface area contributed by atoms with Crippen LogP contribution in [-0.4, -0.2) is 19.2 Å². The lowest BCUT2D eigenvalue weighted by Crippen LogP contribution is -2.03. The fourth-order valence-electron chi connectivity index (χ4n) is 2.41. The Labute approximate surface area is 146 Å². The summed E-state index contributed by atoms with van der Waals surface area (Å²) >= 11 is 0.615. The van der Waals surface area contributed by atoms with Crippen LogP contribution in [0.5, 0.6) is 11.5 Å². The average Bonchev–Trinajstić information content (AvgIpc) is 3.07. The normalized spacial score (nSPS) is 11.4. The molecular formula is C18H14F3NO2S. The van der Waals surface area contributed by atoms with Crippen molar-refractivity contribution in [2.24, 2.45) is 0 Å². The largest absolute Gasteiger partial charge is 0.493 e. The summed E-state index contributed by atoms with van der Waals surface area (Å²) in [5, 5.41) is -0.879. The third kappa shape index (κ3) is 3.46. The highest BCUT2D eigenvalue weighted by Crippen LogP contribution is 2.44. The molecule has 0 aliphatic rings. The van der Waals surface area contributed by atoms with Crippen molar-refractivity contribution >= 4 is 11.3 Å². The van der Waals surface area contributed by atoms with Gasteiger partial charge in [-0.3, -0.25) is 0 Å². The van der Waals surface area contributed by atoms with Gasteiger partial charge in [0.1, 0.15) is 0 Å². The third-order valence-electron chi connectivity index (χ3n) is 3.56. The Balaban J connectivity index is 2.20. The Morgan fingerprint density at radius 1 is 0.880 bits per heavy atom. The number of halogens is 3. The first-order chi connectivity index (χ1) is 11.9. The van der Waals surface area contributed by atoms with Crippen molar-refractivity contribution in [3.05, 3.63) is 53.5 Å². The van der Waals surface area contributed by atoms with E-state index in [-0.39, 0.29) is 0 Å². The summed E-state index contributed by atoms with van der Waals surface area (Å²) in [6.07, 6.45) is -4.50. The molecule has 0 unspecified atom stereocenters. The van der Waals surface area contributed by atoms with Gasteiger partial charge in [0.05, 0.1) is 24.8 Å². The number of alkyl halides is 3. The maximum absolute atomic E-state index is 13.2. The van der Waals surface area contributed by atoms with Crippen LogP contribution in [0, 0.1) is 0 Å². The van der Waals surface area contributed by atoms with E-state index >= 15 is 0 Å². The van der Waals surface area contributed by atoms with Gasteiger partial charge in [0.2, 0.25) is 0 Å². The quantitative estimate of drug-likeness (QED) is 0.611. The number of ether oxygens (including phenoxy) is 2. The van der Waals surface area contributed by atoms with Crippen LogP contribution in [0.3, 0.4) is 0 Å². The van der Waals surface area contributed by atoms with Crippen molar-refractivity contribution < 1.29 is 22.6 Å². The molecule has 0 amide bonds. The summed E-state index contributed by atoms with van der Waals surface area (Å²) < 4.78 is 50.0. The molecule has 3 aromatic rings. The van der Waals surface area contributed by atoms with Crippen molar-refractivity contribution in [2.45, 2.75) is 6.18 Å². The lowest BCUT2D eigenvalue weighted by Gasteiger charge is -2.09. The van der Waals surface area contributed by atoms with E-state index in [4.69, 9.17) is 9.47 Å². The topological polar surface area (TPSA) is 31.4 Å². The Morgan fingerprint density at radius 3 is 2.16 bits per heavy atom. The number of hydrogen-bond donors (Lipinski definition) is 0. The molecule has 3 nitrogen and oxygen atoms in total. The highest BCUT2D eigenvalue weighted by molar-refractivity contribution is 7.15. The van der Waals surface area contributed by atoms with E-state index in [1.54, 1.807) is 48.5 Å². The summed E-state index contributed by atoms with van der Waals surface area (Å²) in [5.74, 6) is 0.953. The zero-order valence-electron chi connectivity index (χ0n) is 13.4. The van der Waals surface area contributed by atoms with Gasteiger partial charge < -0.3 is 9.47 Å². The Kier molecular flexibility index (Phi) is 4.67. The maximum atomic E-state index is 13.2. The smallest absolute Gasteiger partial charge is 0.443 e. The van der Waals surface area contributed by atoms with Crippen LogP contribution in [0.15, 0.2) is 48.5 Å². The Hall–Kier alpha value is -2.54. The highest BCUT2D eigenvalue weighted by Gasteiger charge is 2.36. The Bertz CT molecular complexity index is 876. The van der Waals surface area contributed by atoms with Crippen molar-refractivity contribution in [2.75, 3.05) is 14.2 Å². The van der Waals surface area contributed by atoms with Crippen molar-refractivity contribution in [1.29, 1.82) is 0 Å². The SMILES string of the molecule is COc1ccc(-c2sc(C(F)(F)F)nc2-c2ccccc2)cc1OC. The third-order valence-corrected chi connectivity index (χ3v) is 4.71. The van der Waals surface area contributed by atoms with Crippen LogP contribution in [0.1, 0.15) is 5.01 Å². The number of nitrogens with zero attached hydrogens (tertiary/aromatic N) is 1. The van der Waals surface area contributed by atoms with Gasteiger partial charge >= 0.3 is 6.18 Å². The van der Waals surface area contributed by atoms with E-state index in [2.05, 4.69) is 4.98 Å². The van der Waals surface area contributed by atoms with Gasteiger partial charge in [0, 0.05) is 5.56 Å². The van der Waals surface area contributed by atoms with E-state index in [1.165, 1.54) is 14.2 Å². The van der Waals surface area contributed by atoms with Crippen LogP contribution in [0.25, 0.3) is 21.7 Å². The molecule has 2 aromatic carbocycles. The molecule has 0 saturated carbocycles. The molecule has 130 valence electrons. The zero-order chi connectivity index (χ0) is 18.0. The number of thiazole rings is 1. The second-order valence-corrected chi connectivity index (χ2v) is 6.13. The summed E-state index contributed by atoms with van der Waals surface area (Å²) in [5.41, 5.74) is 1.51.